The highest BCUT2D eigenvalue weighted by Crippen LogP contribution is 2.23. The summed E-state index contributed by atoms with van der Waals surface area (Å²) in [6.07, 6.45) is 0. The second-order valence-corrected chi connectivity index (χ2v) is 5.38. The molecule has 2 rings (SSSR count). The van der Waals surface area contributed by atoms with Crippen LogP contribution in [-0.2, 0) is 6.54 Å². The number of hydrogen-bond acceptors (Lipinski definition) is 1. The van der Waals surface area contributed by atoms with Crippen LogP contribution >= 0.6 is 31.9 Å². The molecule has 2 aromatic rings. The van der Waals surface area contributed by atoms with Crippen LogP contribution in [0.1, 0.15) is 5.56 Å². The van der Waals surface area contributed by atoms with Gasteiger partial charge in [-0.25, -0.2) is 4.39 Å². The Labute approximate surface area is 116 Å². The topological polar surface area (TPSA) is 12.0 Å². The molecule has 0 aliphatic carbocycles. The van der Waals surface area contributed by atoms with Crippen LogP contribution in [0.3, 0.4) is 0 Å². The largest absolute Gasteiger partial charge is 0.380 e. The van der Waals surface area contributed by atoms with Crippen LogP contribution in [0.5, 0.6) is 0 Å². The summed E-state index contributed by atoms with van der Waals surface area (Å²) in [5, 5.41) is 3.19. The minimum Gasteiger partial charge on any atom is -0.380 e. The highest BCUT2D eigenvalue weighted by molar-refractivity contribution is 9.10. The number of halogens is 3. The summed E-state index contributed by atoms with van der Waals surface area (Å²) in [6.45, 7) is 0.654. The van der Waals surface area contributed by atoms with Gasteiger partial charge in [0, 0.05) is 15.5 Å². The van der Waals surface area contributed by atoms with Gasteiger partial charge in [0.15, 0.2) is 0 Å². The molecule has 0 radical (unpaired) electrons. The molecule has 0 aliphatic heterocycles. The minimum absolute atomic E-state index is 0.245. The van der Waals surface area contributed by atoms with Gasteiger partial charge in [-0.1, -0.05) is 28.1 Å². The summed E-state index contributed by atoms with van der Waals surface area (Å²) >= 11 is 6.80. The number of anilines is 1. The first-order chi connectivity index (χ1) is 8.15. The van der Waals surface area contributed by atoms with E-state index in [4.69, 9.17) is 0 Å². The molecule has 0 bridgehead atoms. The van der Waals surface area contributed by atoms with Crippen LogP contribution < -0.4 is 5.32 Å². The summed E-state index contributed by atoms with van der Waals surface area (Å²) in [5.74, 6) is -0.245. The molecule has 0 aliphatic rings. The molecule has 17 heavy (non-hydrogen) atoms. The summed E-state index contributed by atoms with van der Waals surface area (Å²) in [5.41, 5.74) is 1.89. The zero-order valence-electron chi connectivity index (χ0n) is 8.88. The lowest BCUT2D eigenvalue weighted by molar-refractivity contribution is 0.628. The smallest absolute Gasteiger partial charge is 0.125 e. The van der Waals surface area contributed by atoms with Gasteiger partial charge in [0.2, 0.25) is 0 Å². The molecule has 88 valence electrons. The molecule has 1 N–H and O–H groups in total. The molecule has 0 aromatic heterocycles. The molecule has 0 atom stereocenters. The number of nitrogens with one attached hydrogen (secondary N) is 1. The maximum Gasteiger partial charge on any atom is 0.125 e. The lowest BCUT2D eigenvalue weighted by Gasteiger charge is -2.09. The quantitative estimate of drug-likeness (QED) is 0.817. The van der Waals surface area contributed by atoms with Gasteiger partial charge >= 0.3 is 0 Å². The van der Waals surface area contributed by atoms with Crippen LogP contribution in [0.2, 0.25) is 0 Å². The fraction of sp³-hybridized carbons (Fsp3) is 0.0769. The second-order valence-electron chi connectivity index (χ2n) is 3.61. The molecular weight excluding hydrogens is 349 g/mol. The van der Waals surface area contributed by atoms with Crippen molar-refractivity contribution < 1.29 is 4.39 Å². The van der Waals surface area contributed by atoms with Gasteiger partial charge in [0.25, 0.3) is 0 Å². The van der Waals surface area contributed by atoms with Crippen molar-refractivity contribution in [2.24, 2.45) is 0 Å². The third-order valence-corrected chi connectivity index (χ3v) is 3.49. The molecule has 0 saturated carbocycles. The SMILES string of the molecule is Fc1ccc(Br)c(NCc2cccc(Br)c2)c1. The molecule has 0 fully saturated rings. The summed E-state index contributed by atoms with van der Waals surface area (Å²) < 4.78 is 15.0. The average Bonchev–Trinajstić information content (AvgIpc) is 2.30. The first-order valence-corrected chi connectivity index (χ1v) is 6.67. The third-order valence-electron chi connectivity index (χ3n) is 2.30. The third kappa shape index (κ3) is 3.54. The van der Waals surface area contributed by atoms with Crippen molar-refractivity contribution in [3.05, 3.63) is 62.8 Å². The van der Waals surface area contributed by atoms with Crippen molar-refractivity contribution in [3.8, 4) is 0 Å². The predicted octanol–water partition coefficient (Wildman–Crippen LogP) is 4.96. The Hall–Kier alpha value is -0.870. The summed E-state index contributed by atoms with van der Waals surface area (Å²) in [4.78, 5) is 0. The molecule has 0 amide bonds. The van der Waals surface area contributed by atoms with Gasteiger partial charge in [0.05, 0.1) is 5.69 Å². The van der Waals surface area contributed by atoms with E-state index in [0.717, 1.165) is 20.2 Å². The Morgan fingerprint density at radius 3 is 2.65 bits per heavy atom. The fourth-order valence-electron chi connectivity index (χ4n) is 1.48. The van der Waals surface area contributed by atoms with E-state index < -0.39 is 0 Å². The minimum atomic E-state index is -0.245. The predicted molar refractivity (Wildman–Crippen MR) is 75.6 cm³/mol. The zero-order chi connectivity index (χ0) is 12.3. The van der Waals surface area contributed by atoms with Crippen molar-refractivity contribution >= 4 is 37.5 Å². The van der Waals surface area contributed by atoms with E-state index in [1.54, 1.807) is 6.07 Å². The average molecular weight is 359 g/mol. The van der Waals surface area contributed by atoms with Crippen LogP contribution in [-0.4, -0.2) is 0 Å². The number of hydrogen-bond donors (Lipinski definition) is 1. The first kappa shape index (κ1) is 12.6. The van der Waals surface area contributed by atoms with E-state index in [-0.39, 0.29) is 5.82 Å². The van der Waals surface area contributed by atoms with E-state index >= 15 is 0 Å². The van der Waals surface area contributed by atoms with Crippen LogP contribution in [0, 0.1) is 5.82 Å². The van der Waals surface area contributed by atoms with E-state index in [0.29, 0.717) is 6.54 Å². The Bertz CT molecular complexity index is 529. The van der Waals surface area contributed by atoms with Crippen molar-refractivity contribution in [2.45, 2.75) is 6.54 Å². The highest BCUT2D eigenvalue weighted by atomic mass is 79.9. The van der Waals surface area contributed by atoms with Gasteiger partial charge in [-0.2, -0.15) is 0 Å². The molecule has 1 nitrogen and oxygen atoms in total. The zero-order valence-corrected chi connectivity index (χ0v) is 12.1. The Morgan fingerprint density at radius 2 is 1.88 bits per heavy atom. The van der Waals surface area contributed by atoms with Gasteiger partial charge in [0.1, 0.15) is 5.82 Å². The molecule has 2 aromatic carbocycles. The van der Waals surface area contributed by atoms with E-state index in [2.05, 4.69) is 37.2 Å². The molecule has 0 spiro atoms. The van der Waals surface area contributed by atoms with E-state index in [1.807, 2.05) is 24.3 Å². The van der Waals surface area contributed by atoms with Crippen LogP contribution in [0.25, 0.3) is 0 Å². The number of rotatable bonds is 3. The number of benzene rings is 2. The van der Waals surface area contributed by atoms with Gasteiger partial charge in [-0.05, 0) is 51.8 Å². The van der Waals surface area contributed by atoms with Gasteiger partial charge in [-0.15, -0.1) is 0 Å². The Kier molecular flexibility index (Phi) is 4.18. The van der Waals surface area contributed by atoms with Crippen molar-refractivity contribution in [3.63, 3.8) is 0 Å². The van der Waals surface area contributed by atoms with Crippen molar-refractivity contribution in [2.75, 3.05) is 5.32 Å². The van der Waals surface area contributed by atoms with Gasteiger partial charge in [-0.3, -0.25) is 0 Å². The summed E-state index contributed by atoms with van der Waals surface area (Å²) in [6, 6.07) is 12.6. The standard InChI is InChI=1S/C13H10Br2FN/c14-10-3-1-2-9(6-10)8-17-13-7-11(16)4-5-12(13)15/h1-7,17H,8H2. The summed E-state index contributed by atoms with van der Waals surface area (Å²) in [7, 11) is 0. The highest BCUT2D eigenvalue weighted by Gasteiger charge is 2.01. The Balaban J connectivity index is 2.09. The fourth-order valence-corrected chi connectivity index (χ4v) is 2.31. The lowest BCUT2D eigenvalue weighted by Crippen LogP contribution is -2.00. The molecule has 0 saturated heterocycles. The second kappa shape index (κ2) is 5.65. The molecular formula is C13H10Br2FN. The van der Waals surface area contributed by atoms with Gasteiger partial charge < -0.3 is 5.32 Å². The molecule has 4 heteroatoms. The van der Waals surface area contributed by atoms with Crippen LogP contribution in [0.4, 0.5) is 10.1 Å². The molecule has 0 unspecified atom stereocenters. The van der Waals surface area contributed by atoms with E-state index in [9.17, 15) is 4.39 Å². The lowest BCUT2D eigenvalue weighted by atomic mass is 10.2. The maximum atomic E-state index is 13.1. The van der Waals surface area contributed by atoms with E-state index in [1.165, 1.54) is 12.1 Å². The monoisotopic (exact) mass is 357 g/mol. The van der Waals surface area contributed by atoms with Crippen LogP contribution in [0.15, 0.2) is 51.4 Å². The molecule has 0 heterocycles. The van der Waals surface area contributed by atoms with Crippen molar-refractivity contribution in [1.82, 2.24) is 0 Å². The first-order valence-electron chi connectivity index (χ1n) is 5.08. The Morgan fingerprint density at radius 1 is 1.06 bits per heavy atom. The normalized spacial score (nSPS) is 10.3. The maximum absolute atomic E-state index is 13.1. The van der Waals surface area contributed by atoms with Crippen molar-refractivity contribution in [1.29, 1.82) is 0 Å².